The maximum absolute atomic E-state index is 12.3. The number of rotatable bonds is 6. The second kappa shape index (κ2) is 7.79. The topological polar surface area (TPSA) is 75.5 Å². The largest absolute Gasteiger partial charge is 0.372 e. The van der Waals surface area contributed by atoms with Crippen molar-refractivity contribution < 1.29 is 9.72 Å². The lowest BCUT2D eigenvalue weighted by Crippen LogP contribution is -2.21. The molecule has 126 valence electrons. The van der Waals surface area contributed by atoms with E-state index in [2.05, 4.69) is 24.1 Å². The Kier molecular flexibility index (Phi) is 5.76. The quantitative estimate of drug-likeness (QED) is 0.622. The Morgan fingerprint density at radius 3 is 2.29 bits per heavy atom. The minimum atomic E-state index is -0.556. The minimum absolute atomic E-state index is 0.0430. The van der Waals surface area contributed by atoms with Gasteiger partial charge in [-0.1, -0.05) is 11.6 Å². The molecule has 0 aromatic heterocycles. The van der Waals surface area contributed by atoms with Crippen LogP contribution in [0.3, 0.4) is 0 Å². The lowest BCUT2D eigenvalue weighted by molar-refractivity contribution is -0.384. The van der Waals surface area contributed by atoms with Crippen LogP contribution in [0.25, 0.3) is 0 Å². The fraction of sp³-hybridized carbons (Fsp3) is 0.235. The minimum Gasteiger partial charge on any atom is -0.372 e. The number of nitrogens with zero attached hydrogens (tertiary/aromatic N) is 2. The van der Waals surface area contributed by atoms with Crippen molar-refractivity contribution in [1.82, 2.24) is 0 Å². The molecular formula is C17H18ClN3O3. The normalized spacial score (nSPS) is 10.3. The number of nitro benzene ring substituents is 1. The number of anilines is 2. The van der Waals surface area contributed by atoms with Crippen molar-refractivity contribution in [3.8, 4) is 0 Å². The van der Waals surface area contributed by atoms with Crippen molar-refractivity contribution in [3.63, 3.8) is 0 Å². The van der Waals surface area contributed by atoms with Crippen LogP contribution in [0.4, 0.5) is 17.1 Å². The number of nitrogens with one attached hydrogen (secondary N) is 1. The highest BCUT2D eigenvalue weighted by atomic mass is 35.5. The van der Waals surface area contributed by atoms with E-state index < -0.39 is 10.8 Å². The Hall–Kier alpha value is -2.60. The molecule has 0 aliphatic carbocycles. The highest BCUT2D eigenvalue weighted by Gasteiger charge is 2.15. The van der Waals surface area contributed by atoms with Gasteiger partial charge in [-0.2, -0.15) is 0 Å². The third-order valence-electron chi connectivity index (χ3n) is 3.66. The zero-order valence-electron chi connectivity index (χ0n) is 13.5. The summed E-state index contributed by atoms with van der Waals surface area (Å²) in [4.78, 5) is 24.6. The zero-order valence-corrected chi connectivity index (χ0v) is 14.2. The van der Waals surface area contributed by atoms with E-state index in [0.717, 1.165) is 18.8 Å². The van der Waals surface area contributed by atoms with Gasteiger partial charge in [-0.25, -0.2) is 0 Å². The van der Waals surface area contributed by atoms with Gasteiger partial charge in [0.2, 0.25) is 0 Å². The number of carbonyl (C=O) groups is 1. The number of nitro groups is 1. The Morgan fingerprint density at radius 2 is 1.79 bits per heavy atom. The van der Waals surface area contributed by atoms with Crippen LogP contribution in [0.2, 0.25) is 5.02 Å². The van der Waals surface area contributed by atoms with E-state index in [-0.39, 0.29) is 16.3 Å². The Labute approximate surface area is 145 Å². The molecule has 1 amide bonds. The molecule has 6 nitrogen and oxygen atoms in total. The lowest BCUT2D eigenvalue weighted by Gasteiger charge is -2.21. The SMILES string of the molecule is CCN(CC)c1ccc(NC(=O)c2ccc([N+](=O)[O-])cc2Cl)cc1. The van der Waals surface area contributed by atoms with Gasteiger partial charge in [0.05, 0.1) is 15.5 Å². The summed E-state index contributed by atoms with van der Waals surface area (Å²) >= 11 is 5.97. The number of non-ortho nitro benzene ring substituents is 1. The summed E-state index contributed by atoms with van der Waals surface area (Å²) in [7, 11) is 0. The smallest absolute Gasteiger partial charge is 0.270 e. The molecule has 24 heavy (non-hydrogen) atoms. The van der Waals surface area contributed by atoms with Crippen LogP contribution < -0.4 is 10.2 Å². The molecule has 0 bridgehead atoms. The standard InChI is InChI=1S/C17H18ClN3O3/c1-3-20(4-2)13-7-5-12(6-8-13)19-17(22)15-10-9-14(21(23)24)11-16(15)18/h5-11H,3-4H2,1-2H3,(H,19,22). The number of benzene rings is 2. The average Bonchev–Trinajstić information content (AvgIpc) is 2.57. The lowest BCUT2D eigenvalue weighted by atomic mass is 10.2. The van der Waals surface area contributed by atoms with Crippen LogP contribution in [-0.2, 0) is 0 Å². The van der Waals surface area contributed by atoms with Crippen LogP contribution in [0, 0.1) is 10.1 Å². The molecule has 0 radical (unpaired) electrons. The number of halogens is 1. The first-order chi connectivity index (χ1) is 11.5. The van der Waals surface area contributed by atoms with E-state index in [1.54, 1.807) is 0 Å². The van der Waals surface area contributed by atoms with Crippen molar-refractivity contribution in [1.29, 1.82) is 0 Å². The first-order valence-electron chi connectivity index (χ1n) is 7.56. The summed E-state index contributed by atoms with van der Waals surface area (Å²) in [5.74, 6) is -0.412. The molecule has 0 aliphatic heterocycles. The van der Waals surface area contributed by atoms with Crippen molar-refractivity contribution >= 4 is 34.6 Å². The summed E-state index contributed by atoms with van der Waals surface area (Å²) in [6.07, 6.45) is 0. The van der Waals surface area contributed by atoms with Gasteiger partial charge in [-0.05, 0) is 44.2 Å². The molecular weight excluding hydrogens is 330 g/mol. The van der Waals surface area contributed by atoms with Crippen LogP contribution in [0.15, 0.2) is 42.5 Å². The van der Waals surface area contributed by atoms with Crippen molar-refractivity contribution in [2.24, 2.45) is 0 Å². The predicted molar refractivity (Wildman–Crippen MR) is 96.1 cm³/mol. The molecule has 0 saturated heterocycles. The molecule has 0 aliphatic rings. The van der Waals surface area contributed by atoms with E-state index >= 15 is 0 Å². The van der Waals surface area contributed by atoms with Gasteiger partial charge >= 0.3 is 0 Å². The first kappa shape index (κ1) is 17.7. The zero-order chi connectivity index (χ0) is 17.7. The van der Waals surface area contributed by atoms with Crippen LogP contribution in [0.5, 0.6) is 0 Å². The van der Waals surface area contributed by atoms with E-state index in [1.807, 2.05) is 24.3 Å². The molecule has 0 saturated carbocycles. The molecule has 1 N–H and O–H groups in total. The summed E-state index contributed by atoms with van der Waals surface area (Å²) in [6, 6.07) is 11.3. The number of carbonyl (C=O) groups excluding carboxylic acids is 1. The van der Waals surface area contributed by atoms with E-state index in [9.17, 15) is 14.9 Å². The van der Waals surface area contributed by atoms with Crippen LogP contribution in [-0.4, -0.2) is 23.9 Å². The fourth-order valence-corrected chi connectivity index (χ4v) is 2.61. The Balaban J connectivity index is 2.13. The maximum atomic E-state index is 12.3. The Bertz CT molecular complexity index is 743. The highest BCUT2D eigenvalue weighted by Crippen LogP contribution is 2.24. The molecule has 0 heterocycles. The first-order valence-corrected chi connectivity index (χ1v) is 7.94. The van der Waals surface area contributed by atoms with Crippen molar-refractivity contribution in [2.45, 2.75) is 13.8 Å². The predicted octanol–water partition coefficient (Wildman–Crippen LogP) is 4.35. The average molecular weight is 348 g/mol. The number of amides is 1. The molecule has 2 rings (SSSR count). The summed E-state index contributed by atoms with van der Waals surface area (Å²) in [5.41, 5.74) is 1.74. The van der Waals surface area contributed by atoms with Gasteiger partial charge < -0.3 is 10.2 Å². The molecule has 0 spiro atoms. The number of hydrogen-bond donors (Lipinski definition) is 1. The van der Waals surface area contributed by atoms with Gasteiger partial charge in [0.15, 0.2) is 0 Å². The molecule has 7 heteroatoms. The van der Waals surface area contributed by atoms with Crippen molar-refractivity contribution in [3.05, 3.63) is 63.2 Å². The second-order valence-electron chi connectivity index (χ2n) is 5.09. The fourth-order valence-electron chi connectivity index (χ4n) is 2.34. The molecule has 2 aromatic carbocycles. The number of hydrogen-bond acceptors (Lipinski definition) is 4. The van der Waals surface area contributed by atoms with Crippen LogP contribution >= 0.6 is 11.6 Å². The summed E-state index contributed by atoms with van der Waals surface area (Å²) < 4.78 is 0. The van der Waals surface area contributed by atoms with E-state index in [4.69, 9.17) is 11.6 Å². The maximum Gasteiger partial charge on any atom is 0.270 e. The molecule has 0 atom stereocenters. The summed E-state index contributed by atoms with van der Waals surface area (Å²) in [5, 5.41) is 13.5. The third kappa shape index (κ3) is 4.02. The van der Waals surface area contributed by atoms with Gasteiger partial charge in [0.1, 0.15) is 0 Å². The van der Waals surface area contributed by atoms with Gasteiger partial charge in [0, 0.05) is 36.6 Å². The van der Waals surface area contributed by atoms with E-state index in [0.29, 0.717) is 5.69 Å². The van der Waals surface area contributed by atoms with Gasteiger partial charge in [0.25, 0.3) is 11.6 Å². The highest BCUT2D eigenvalue weighted by molar-refractivity contribution is 6.34. The Morgan fingerprint density at radius 1 is 1.17 bits per heavy atom. The monoisotopic (exact) mass is 347 g/mol. The van der Waals surface area contributed by atoms with Gasteiger partial charge in [-0.15, -0.1) is 0 Å². The summed E-state index contributed by atoms with van der Waals surface area (Å²) in [6.45, 7) is 5.97. The molecule has 0 fully saturated rings. The van der Waals surface area contributed by atoms with E-state index in [1.165, 1.54) is 18.2 Å². The third-order valence-corrected chi connectivity index (χ3v) is 3.97. The molecule has 2 aromatic rings. The van der Waals surface area contributed by atoms with Gasteiger partial charge in [-0.3, -0.25) is 14.9 Å². The second-order valence-corrected chi connectivity index (χ2v) is 5.50. The van der Waals surface area contributed by atoms with Crippen molar-refractivity contribution in [2.75, 3.05) is 23.3 Å². The van der Waals surface area contributed by atoms with Crippen LogP contribution in [0.1, 0.15) is 24.2 Å². The molecule has 0 unspecified atom stereocenters.